The SMILES string of the molecule is Cc1c(Cl)c(Cl)c2ccccc2c1O. The maximum absolute atomic E-state index is 9.82. The highest BCUT2D eigenvalue weighted by atomic mass is 35.5. The minimum absolute atomic E-state index is 0.204. The molecular weight excluding hydrogens is 219 g/mol. The predicted octanol–water partition coefficient (Wildman–Crippen LogP) is 4.16. The Labute approximate surface area is 91.9 Å². The standard InChI is InChI=1S/C11H8Cl2O/c1-6-9(12)10(13)7-4-2-3-5-8(7)11(6)14/h2-5,14H,1H3. The first-order valence-corrected chi connectivity index (χ1v) is 4.93. The Bertz CT molecular complexity index is 460. The van der Waals surface area contributed by atoms with Gasteiger partial charge in [-0.05, 0) is 6.92 Å². The van der Waals surface area contributed by atoms with Crippen molar-refractivity contribution in [1.82, 2.24) is 0 Å². The molecule has 14 heavy (non-hydrogen) atoms. The lowest BCUT2D eigenvalue weighted by atomic mass is 10.1. The number of aromatic hydroxyl groups is 1. The minimum Gasteiger partial charge on any atom is -0.507 e. The summed E-state index contributed by atoms with van der Waals surface area (Å²) in [6, 6.07) is 7.37. The van der Waals surface area contributed by atoms with Gasteiger partial charge in [0.1, 0.15) is 5.75 Å². The molecule has 0 fully saturated rings. The number of phenolic OH excluding ortho intramolecular Hbond substituents is 1. The van der Waals surface area contributed by atoms with Crippen LogP contribution in [0.15, 0.2) is 24.3 Å². The van der Waals surface area contributed by atoms with Gasteiger partial charge in [-0.2, -0.15) is 0 Å². The number of phenols is 1. The fourth-order valence-corrected chi connectivity index (χ4v) is 1.97. The molecule has 2 aromatic rings. The highest BCUT2D eigenvalue weighted by Gasteiger charge is 2.12. The molecule has 1 N–H and O–H groups in total. The van der Waals surface area contributed by atoms with Crippen molar-refractivity contribution in [3.8, 4) is 5.75 Å². The zero-order valence-electron chi connectivity index (χ0n) is 7.51. The molecule has 0 saturated heterocycles. The fraction of sp³-hybridized carbons (Fsp3) is 0.0909. The van der Waals surface area contributed by atoms with Crippen LogP contribution in [0.4, 0.5) is 0 Å². The Morgan fingerprint density at radius 2 is 1.57 bits per heavy atom. The third kappa shape index (κ3) is 1.24. The molecule has 0 aliphatic heterocycles. The molecule has 0 heterocycles. The largest absolute Gasteiger partial charge is 0.507 e. The molecule has 0 aliphatic rings. The Kier molecular flexibility index (Phi) is 2.30. The number of hydrogen-bond donors (Lipinski definition) is 1. The maximum atomic E-state index is 9.82. The summed E-state index contributed by atoms with van der Waals surface area (Å²) in [4.78, 5) is 0. The van der Waals surface area contributed by atoms with Gasteiger partial charge in [-0.3, -0.25) is 0 Å². The van der Waals surface area contributed by atoms with E-state index >= 15 is 0 Å². The van der Waals surface area contributed by atoms with Gasteiger partial charge < -0.3 is 5.11 Å². The first kappa shape index (κ1) is 9.63. The van der Waals surface area contributed by atoms with E-state index in [0.29, 0.717) is 15.6 Å². The molecule has 0 unspecified atom stereocenters. The van der Waals surface area contributed by atoms with Crippen molar-refractivity contribution in [2.45, 2.75) is 6.92 Å². The summed E-state index contributed by atoms with van der Waals surface area (Å²) >= 11 is 12.0. The van der Waals surface area contributed by atoms with E-state index in [2.05, 4.69) is 0 Å². The zero-order valence-corrected chi connectivity index (χ0v) is 9.02. The summed E-state index contributed by atoms with van der Waals surface area (Å²) in [5.74, 6) is 0.204. The topological polar surface area (TPSA) is 20.2 Å². The van der Waals surface area contributed by atoms with Gasteiger partial charge >= 0.3 is 0 Å². The summed E-state index contributed by atoms with van der Waals surface area (Å²) in [6.45, 7) is 1.75. The van der Waals surface area contributed by atoms with E-state index in [-0.39, 0.29) is 5.75 Å². The molecule has 3 heteroatoms. The molecule has 0 amide bonds. The summed E-state index contributed by atoms with van der Waals surface area (Å²) in [6.07, 6.45) is 0. The number of benzene rings is 2. The van der Waals surface area contributed by atoms with E-state index in [4.69, 9.17) is 23.2 Å². The number of rotatable bonds is 0. The van der Waals surface area contributed by atoms with Crippen LogP contribution < -0.4 is 0 Å². The number of halogens is 2. The normalized spacial score (nSPS) is 10.8. The third-order valence-electron chi connectivity index (χ3n) is 2.30. The summed E-state index contributed by atoms with van der Waals surface area (Å²) in [5, 5.41) is 12.3. The first-order valence-electron chi connectivity index (χ1n) is 4.18. The van der Waals surface area contributed by atoms with Crippen LogP contribution in [0.2, 0.25) is 10.0 Å². The molecule has 2 aromatic carbocycles. The van der Waals surface area contributed by atoms with Crippen LogP contribution in [0, 0.1) is 6.92 Å². The molecule has 0 saturated carbocycles. The van der Waals surface area contributed by atoms with Gasteiger partial charge in [-0.15, -0.1) is 0 Å². The lowest BCUT2D eigenvalue weighted by Crippen LogP contribution is -1.83. The quantitative estimate of drug-likeness (QED) is 0.716. The second-order valence-electron chi connectivity index (χ2n) is 3.15. The first-order chi connectivity index (χ1) is 6.63. The van der Waals surface area contributed by atoms with Gasteiger partial charge in [0.15, 0.2) is 0 Å². The Morgan fingerprint density at radius 1 is 1.00 bits per heavy atom. The Hall–Kier alpha value is -0.920. The van der Waals surface area contributed by atoms with Crippen molar-refractivity contribution >= 4 is 34.0 Å². The molecule has 2 rings (SSSR count). The lowest BCUT2D eigenvalue weighted by Gasteiger charge is -2.08. The van der Waals surface area contributed by atoms with E-state index in [1.54, 1.807) is 6.92 Å². The van der Waals surface area contributed by atoms with Crippen LogP contribution in [-0.4, -0.2) is 5.11 Å². The average Bonchev–Trinajstić information content (AvgIpc) is 2.23. The van der Waals surface area contributed by atoms with Gasteiger partial charge in [0, 0.05) is 16.3 Å². The highest BCUT2D eigenvalue weighted by Crippen LogP contribution is 2.40. The predicted molar refractivity (Wildman–Crippen MR) is 60.4 cm³/mol. The molecule has 0 atom stereocenters. The van der Waals surface area contributed by atoms with E-state index in [0.717, 1.165) is 10.8 Å². The molecular formula is C11H8Cl2O. The van der Waals surface area contributed by atoms with E-state index < -0.39 is 0 Å². The van der Waals surface area contributed by atoms with Crippen LogP contribution in [0.5, 0.6) is 5.75 Å². The molecule has 0 bridgehead atoms. The molecule has 0 radical (unpaired) electrons. The monoisotopic (exact) mass is 226 g/mol. The zero-order chi connectivity index (χ0) is 10.3. The van der Waals surface area contributed by atoms with Crippen LogP contribution in [0.3, 0.4) is 0 Å². The Morgan fingerprint density at radius 3 is 2.21 bits per heavy atom. The lowest BCUT2D eigenvalue weighted by molar-refractivity contribution is 0.477. The molecule has 0 aliphatic carbocycles. The van der Waals surface area contributed by atoms with Gasteiger partial charge in [-0.1, -0.05) is 47.5 Å². The molecule has 72 valence electrons. The number of hydrogen-bond acceptors (Lipinski definition) is 1. The minimum atomic E-state index is 0.204. The van der Waals surface area contributed by atoms with Crippen molar-refractivity contribution in [1.29, 1.82) is 0 Å². The molecule has 1 nitrogen and oxygen atoms in total. The van der Waals surface area contributed by atoms with Crippen molar-refractivity contribution in [2.75, 3.05) is 0 Å². The van der Waals surface area contributed by atoms with Crippen LogP contribution in [0.25, 0.3) is 10.8 Å². The number of fused-ring (bicyclic) bond motifs is 1. The van der Waals surface area contributed by atoms with Gasteiger partial charge in [0.05, 0.1) is 10.0 Å². The Balaban J connectivity index is 3.02. The second-order valence-corrected chi connectivity index (χ2v) is 3.90. The van der Waals surface area contributed by atoms with Gasteiger partial charge in [0.2, 0.25) is 0 Å². The smallest absolute Gasteiger partial charge is 0.127 e. The van der Waals surface area contributed by atoms with Crippen molar-refractivity contribution in [2.24, 2.45) is 0 Å². The summed E-state index contributed by atoms with van der Waals surface area (Å²) < 4.78 is 0. The van der Waals surface area contributed by atoms with Crippen molar-refractivity contribution in [3.63, 3.8) is 0 Å². The third-order valence-corrected chi connectivity index (χ3v) is 3.26. The highest BCUT2D eigenvalue weighted by molar-refractivity contribution is 6.46. The molecule has 0 spiro atoms. The van der Waals surface area contributed by atoms with Crippen LogP contribution in [0.1, 0.15) is 5.56 Å². The van der Waals surface area contributed by atoms with Gasteiger partial charge in [0.25, 0.3) is 0 Å². The van der Waals surface area contributed by atoms with Crippen LogP contribution in [-0.2, 0) is 0 Å². The van der Waals surface area contributed by atoms with Crippen molar-refractivity contribution in [3.05, 3.63) is 39.9 Å². The van der Waals surface area contributed by atoms with E-state index in [1.807, 2.05) is 24.3 Å². The fourth-order valence-electron chi connectivity index (χ4n) is 1.47. The summed E-state index contributed by atoms with van der Waals surface area (Å²) in [7, 11) is 0. The van der Waals surface area contributed by atoms with Gasteiger partial charge in [-0.25, -0.2) is 0 Å². The molecule has 0 aromatic heterocycles. The second kappa shape index (κ2) is 3.34. The van der Waals surface area contributed by atoms with E-state index in [9.17, 15) is 5.11 Å². The van der Waals surface area contributed by atoms with E-state index in [1.165, 1.54) is 0 Å². The summed E-state index contributed by atoms with van der Waals surface area (Å²) in [5.41, 5.74) is 0.621. The van der Waals surface area contributed by atoms with Crippen LogP contribution >= 0.6 is 23.2 Å². The maximum Gasteiger partial charge on any atom is 0.127 e. The average molecular weight is 227 g/mol. The van der Waals surface area contributed by atoms with Crippen molar-refractivity contribution < 1.29 is 5.11 Å².